The van der Waals surface area contributed by atoms with E-state index in [1.54, 1.807) is 46.8 Å². The molecule has 1 fully saturated rings. The molecule has 0 unspecified atom stereocenters. The highest BCUT2D eigenvalue weighted by atomic mass is 32.2. The Hall–Kier alpha value is -2.23. The molecule has 2 aromatic carbocycles. The van der Waals surface area contributed by atoms with Crippen LogP contribution in [0.25, 0.3) is 0 Å². The van der Waals surface area contributed by atoms with E-state index >= 15 is 0 Å². The fourth-order valence-corrected chi connectivity index (χ4v) is 7.09. The Kier molecular flexibility index (Phi) is 5.00. The number of nitrogens with one attached hydrogen (secondary N) is 1. The molecule has 0 radical (unpaired) electrons. The van der Waals surface area contributed by atoms with E-state index in [-0.39, 0.29) is 27.7 Å². The lowest BCUT2D eigenvalue weighted by atomic mass is 10.0. The molecule has 2 atom stereocenters. The highest BCUT2D eigenvalue weighted by Crippen LogP contribution is 2.31. The summed E-state index contributed by atoms with van der Waals surface area (Å²) >= 11 is 0. The Balaban J connectivity index is 1.59. The quantitative estimate of drug-likeness (QED) is 0.802. The standard InChI is InChI=1S/C20H23N3O4S2/c1-14-6-5-7-15(2)23(14)29(26,27)17-12-10-16(11-13-17)21-20-18-8-3-4-9-19(18)28(24,25)22-20/h3-4,8-15H,5-7H2,1-2H3,(H,21,22)/t14-,15-/m1/s1. The zero-order chi connectivity index (χ0) is 20.8. The first kappa shape index (κ1) is 20.1. The first-order chi connectivity index (χ1) is 13.7. The molecule has 9 heteroatoms. The largest absolute Gasteiger partial charge is 0.339 e. The van der Waals surface area contributed by atoms with E-state index in [0.717, 1.165) is 19.3 Å². The molecule has 0 saturated carbocycles. The van der Waals surface area contributed by atoms with Gasteiger partial charge in [-0.05, 0) is 63.1 Å². The maximum atomic E-state index is 13.1. The van der Waals surface area contributed by atoms with Gasteiger partial charge in [-0.15, -0.1) is 4.40 Å². The molecule has 2 aromatic rings. The number of amidine groups is 1. The van der Waals surface area contributed by atoms with Crippen LogP contribution in [-0.2, 0) is 20.0 Å². The van der Waals surface area contributed by atoms with Crippen molar-refractivity contribution in [3.8, 4) is 0 Å². The molecule has 7 nitrogen and oxygen atoms in total. The summed E-state index contributed by atoms with van der Waals surface area (Å²) in [7, 11) is -7.30. The smallest absolute Gasteiger partial charge is 0.285 e. The van der Waals surface area contributed by atoms with Crippen LogP contribution in [0.3, 0.4) is 0 Å². The minimum atomic E-state index is -3.71. The minimum absolute atomic E-state index is 0.0314. The van der Waals surface area contributed by atoms with Gasteiger partial charge in [-0.1, -0.05) is 18.6 Å². The first-order valence-electron chi connectivity index (χ1n) is 9.55. The number of piperidine rings is 1. The zero-order valence-corrected chi connectivity index (χ0v) is 17.9. The van der Waals surface area contributed by atoms with Crippen LogP contribution in [-0.4, -0.2) is 39.1 Å². The molecule has 2 aliphatic rings. The number of benzene rings is 2. The molecule has 0 spiro atoms. The van der Waals surface area contributed by atoms with Crippen molar-refractivity contribution in [2.75, 3.05) is 5.32 Å². The summed E-state index contributed by atoms with van der Waals surface area (Å²) in [4.78, 5) is 0.389. The molecule has 29 heavy (non-hydrogen) atoms. The van der Waals surface area contributed by atoms with E-state index in [9.17, 15) is 16.8 Å². The number of hydrogen-bond donors (Lipinski definition) is 1. The Labute approximate surface area is 171 Å². The van der Waals surface area contributed by atoms with Gasteiger partial charge in [-0.25, -0.2) is 8.42 Å². The number of nitrogens with zero attached hydrogens (tertiary/aromatic N) is 2. The maximum absolute atomic E-state index is 13.1. The fraction of sp³-hybridized carbons (Fsp3) is 0.350. The normalized spacial score (nSPS) is 24.0. The summed E-state index contributed by atoms with van der Waals surface area (Å²) in [5.74, 6) is 0.231. The third-order valence-corrected chi connectivity index (χ3v) is 8.91. The average molecular weight is 434 g/mol. The van der Waals surface area contributed by atoms with E-state index in [0.29, 0.717) is 11.3 Å². The van der Waals surface area contributed by atoms with Crippen LogP contribution < -0.4 is 5.32 Å². The van der Waals surface area contributed by atoms with Crippen molar-refractivity contribution in [3.63, 3.8) is 0 Å². The van der Waals surface area contributed by atoms with Gasteiger partial charge in [0.15, 0.2) is 5.84 Å². The molecule has 0 aromatic heterocycles. The Morgan fingerprint density at radius 3 is 2.28 bits per heavy atom. The van der Waals surface area contributed by atoms with Gasteiger partial charge in [-0.2, -0.15) is 12.7 Å². The highest BCUT2D eigenvalue weighted by molar-refractivity contribution is 7.90. The summed E-state index contributed by atoms with van der Waals surface area (Å²) in [6, 6.07) is 12.9. The molecule has 0 bridgehead atoms. The third kappa shape index (κ3) is 3.58. The van der Waals surface area contributed by atoms with Crippen molar-refractivity contribution < 1.29 is 16.8 Å². The lowest BCUT2D eigenvalue weighted by Crippen LogP contribution is -2.47. The van der Waals surface area contributed by atoms with Gasteiger partial charge in [0.25, 0.3) is 10.0 Å². The van der Waals surface area contributed by atoms with Gasteiger partial charge in [-0.3, -0.25) is 0 Å². The molecule has 154 valence electrons. The van der Waals surface area contributed by atoms with Crippen molar-refractivity contribution >= 4 is 31.6 Å². The van der Waals surface area contributed by atoms with Gasteiger partial charge in [0.05, 0.1) is 4.90 Å². The highest BCUT2D eigenvalue weighted by Gasteiger charge is 2.35. The summed E-state index contributed by atoms with van der Waals surface area (Å²) in [5, 5.41) is 2.99. The molecule has 4 rings (SSSR count). The second kappa shape index (κ2) is 7.23. The predicted molar refractivity (Wildman–Crippen MR) is 112 cm³/mol. The summed E-state index contributed by atoms with van der Waals surface area (Å²) in [6.45, 7) is 3.89. The Bertz CT molecular complexity index is 1160. The summed E-state index contributed by atoms with van der Waals surface area (Å²) in [5.41, 5.74) is 1.06. The number of rotatable bonds is 3. The number of anilines is 1. The molecule has 1 saturated heterocycles. The van der Waals surface area contributed by atoms with E-state index in [1.807, 2.05) is 13.8 Å². The predicted octanol–water partition coefficient (Wildman–Crippen LogP) is 3.20. The van der Waals surface area contributed by atoms with Crippen molar-refractivity contribution in [1.82, 2.24) is 4.31 Å². The van der Waals surface area contributed by atoms with E-state index in [2.05, 4.69) is 9.71 Å². The van der Waals surface area contributed by atoms with Crippen LogP contribution in [0, 0.1) is 0 Å². The fourth-order valence-electron chi connectivity index (χ4n) is 4.04. The van der Waals surface area contributed by atoms with Crippen molar-refractivity contribution in [3.05, 3.63) is 54.1 Å². The molecular formula is C20H23N3O4S2. The zero-order valence-electron chi connectivity index (χ0n) is 16.2. The third-order valence-electron chi connectivity index (χ3n) is 5.44. The summed E-state index contributed by atoms with van der Waals surface area (Å²) in [6.07, 6.45) is 2.75. The van der Waals surface area contributed by atoms with Gasteiger partial charge >= 0.3 is 0 Å². The van der Waals surface area contributed by atoms with Gasteiger partial charge in [0.1, 0.15) is 4.90 Å². The second-order valence-electron chi connectivity index (χ2n) is 7.52. The Morgan fingerprint density at radius 1 is 1.00 bits per heavy atom. The maximum Gasteiger partial charge on any atom is 0.285 e. The van der Waals surface area contributed by atoms with Crippen LogP contribution >= 0.6 is 0 Å². The van der Waals surface area contributed by atoms with E-state index in [1.165, 1.54) is 6.07 Å². The lowest BCUT2D eigenvalue weighted by Gasteiger charge is -2.37. The van der Waals surface area contributed by atoms with Gasteiger partial charge in [0, 0.05) is 23.3 Å². The molecule has 0 amide bonds. The summed E-state index contributed by atoms with van der Waals surface area (Å²) < 4.78 is 56.0. The number of sulfonamides is 2. The molecule has 0 aliphatic carbocycles. The topological polar surface area (TPSA) is 95.9 Å². The van der Waals surface area contributed by atoms with Crippen molar-refractivity contribution in [2.24, 2.45) is 4.40 Å². The SMILES string of the molecule is C[C@@H]1CCC[C@@H](C)N1S(=O)(=O)c1ccc(NC2=NS(=O)(=O)c3ccccc32)cc1. The second-order valence-corrected chi connectivity index (χ2v) is 10.9. The lowest BCUT2D eigenvalue weighted by molar-refractivity contribution is 0.204. The van der Waals surface area contributed by atoms with Crippen LogP contribution in [0.2, 0.25) is 0 Å². The Morgan fingerprint density at radius 2 is 1.62 bits per heavy atom. The van der Waals surface area contributed by atoms with Gasteiger partial charge < -0.3 is 5.32 Å². The monoisotopic (exact) mass is 433 g/mol. The van der Waals surface area contributed by atoms with Crippen LogP contribution in [0.4, 0.5) is 5.69 Å². The number of hydrogen-bond acceptors (Lipinski definition) is 5. The first-order valence-corrected chi connectivity index (χ1v) is 12.4. The molecular weight excluding hydrogens is 410 g/mol. The van der Waals surface area contributed by atoms with E-state index in [4.69, 9.17) is 0 Å². The van der Waals surface area contributed by atoms with Gasteiger partial charge in [0.2, 0.25) is 10.0 Å². The minimum Gasteiger partial charge on any atom is -0.339 e. The average Bonchev–Trinajstić information content (AvgIpc) is 2.92. The number of fused-ring (bicyclic) bond motifs is 1. The van der Waals surface area contributed by atoms with Crippen molar-refractivity contribution in [2.45, 2.75) is 55.0 Å². The van der Waals surface area contributed by atoms with Crippen molar-refractivity contribution in [1.29, 1.82) is 0 Å². The molecule has 1 N–H and O–H groups in total. The van der Waals surface area contributed by atoms with Crippen LogP contribution in [0.15, 0.2) is 62.7 Å². The molecule has 2 aliphatic heterocycles. The van der Waals surface area contributed by atoms with Crippen LogP contribution in [0.1, 0.15) is 38.7 Å². The van der Waals surface area contributed by atoms with Crippen LogP contribution in [0.5, 0.6) is 0 Å². The van der Waals surface area contributed by atoms with E-state index < -0.39 is 20.0 Å². The molecule has 2 heterocycles.